The van der Waals surface area contributed by atoms with Crippen molar-refractivity contribution in [2.24, 2.45) is 0 Å². The van der Waals surface area contributed by atoms with Crippen molar-refractivity contribution < 1.29 is 0 Å². The van der Waals surface area contributed by atoms with Gasteiger partial charge in [0.25, 0.3) is 0 Å². The third kappa shape index (κ3) is 8.34. The fourth-order valence-electron chi connectivity index (χ4n) is 10.9. The standard InChI is InChI=1S/C65H53BN4/c1-42-35-44(3)61(45(4)36-42)66(62-46(5)37-43(2)38-47(62)6)58-33-34-60(57-31-19-18-30-56(57)58)70(59-32-20-28-50-25-16-17-29-55(50)59)65-68-63(51-26-14-9-15-27-51)67-64(69-65)54-40-52(48-21-10-7-11-22-48)39-53(41-54)49-23-12-8-13-24-49/h7-41H,1-6H3. The molecule has 4 nitrogen and oxygen atoms in total. The first-order valence-electron chi connectivity index (χ1n) is 24.2. The average molecular weight is 901 g/mol. The summed E-state index contributed by atoms with van der Waals surface area (Å²) in [4.78, 5) is 18.7. The Hall–Kier alpha value is -8.41. The molecule has 1 aromatic heterocycles. The first-order valence-corrected chi connectivity index (χ1v) is 24.2. The molecule has 0 radical (unpaired) electrons. The Kier molecular flexibility index (Phi) is 11.7. The second kappa shape index (κ2) is 18.6. The zero-order chi connectivity index (χ0) is 47.9. The highest BCUT2D eigenvalue weighted by Gasteiger charge is 2.32. The van der Waals surface area contributed by atoms with Crippen molar-refractivity contribution in [1.29, 1.82) is 0 Å². The van der Waals surface area contributed by atoms with Gasteiger partial charge in [0.15, 0.2) is 11.6 Å². The molecule has 0 spiro atoms. The van der Waals surface area contributed by atoms with Crippen molar-refractivity contribution in [2.75, 3.05) is 4.90 Å². The molecule has 0 N–H and O–H groups in total. The molecule has 0 bridgehead atoms. The number of aryl methyl sites for hydroxylation is 6. The minimum Gasteiger partial charge on any atom is -0.278 e. The van der Waals surface area contributed by atoms with Gasteiger partial charge in [-0.15, -0.1) is 0 Å². The van der Waals surface area contributed by atoms with E-state index in [0.29, 0.717) is 17.6 Å². The quantitative estimate of drug-likeness (QED) is 0.128. The van der Waals surface area contributed by atoms with Gasteiger partial charge in [0.05, 0.1) is 11.4 Å². The monoisotopic (exact) mass is 900 g/mol. The van der Waals surface area contributed by atoms with E-state index in [-0.39, 0.29) is 6.71 Å². The Morgan fingerprint density at radius 2 is 0.757 bits per heavy atom. The number of anilines is 3. The summed E-state index contributed by atoms with van der Waals surface area (Å²) in [6, 6.07) is 76.1. The fraction of sp³-hybridized carbons (Fsp3) is 0.0923. The molecule has 11 aromatic rings. The molecule has 0 unspecified atom stereocenters. The summed E-state index contributed by atoms with van der Waals surface area (Å²) in [5.74, 6) is 1.70. The van der Waals surface area contributed by atoms with E-state index in [0.717, 1.165) is 60.9 Å². The van der Waals surface area contributed by atoms with E-state index in [1.54, 1.807) is 0 Å². The van der Waals surface area contributed by atoms with Gasteiger partial charge in [-0.05, 0) is 105 Å². The average Bonchev–Trinajstić information content (AvgIpc) is 3.38. The highest BCUT2D eigenvalue weighted by molar-refractivity contribution is 6.98. The molecule has 0 saturated heterocycles. The van der Waals surface area contributed by atoms with E-state index in [9.17, 15) is 0 Å². The predicted molar refractivity (Wildman–Crippen MR) is 297 cm³/mol. The van der Waals surface area contributed by atoms with Gasteiger partial charge in [0.2, 0.25) is 12.7 Å². The van der Waals surface area contributed by atoms with Gasteiger partial charge in [-0.25, -0.2) is 4.98 Å². The van der Waals surface area contributed by atoms with Gasteiger partial charge in [-0.3, -0.25) is 4.90 Å². The van der Waals surface area contributed by atoms with Crippen LogP contribution < -0.4 is 21.3 Å². The van der Waals surface area contributed by atoms with Crippen LogP contribution in [0.4, 0.5) is 17.3 Å². The molecule has 0 amide bonds. The molecule has 5 heteroatoms. The fourth-order valence-corrected chi connectivity index (χ4v) is 10.9. The van der Waals surface area contributed by atoms with E-state index < -0.39 is 0 Å². The number of fused-ring (bicyclic) bond motifs is 2. The van der Waals surface area contributed by atoms with Crippen molar-refractivity contribution in [1.82, 2.24) is 15.0 Å². The molecule has 70 heavy (non-hydrogen) atoms. The minimum absolute atomic E-state index is 0.0182. The van der Waals surface area contributed by atoms with Gasteiger partial charge in [0, 0.05) is 21.9 Å². The van der Waals surface area contributed by atoms with Crippen LogP contribution >= 0.6 is 0 Å². The van der Waals surface area contributed by atoms with Crippen LogP contribution in [0.1, 0.15) is 33.4 Å². The van der Waals surface area contributed by atoms with E-state index in [2.05, 4.69) is 241 Å². The molecule has 0 aliphatic rings. The molecule has 1 heterocycles. The normalized spacial score (nSPS) is 11.3. The zero-order valence-corrected chi connectivity index (χ0v) is 40.6. The van der Waals surface area contributed by atoms with E-state index in [1.165, 1.54) is 55.2 Å². The summed E-state index contributed by atoms with van der Waals surface area (Å²) < 4.78 is 0. The lowest BCUT2D eigenvalue weighted by Gasteiger charge is -2.29. The molecule has 0 atom stereocenters. The molecule has 11 rings (SSSR count). The smallest absolute Gasteiger partial charge is 0.243 e. The number of rotatable bonds is 10. The lowest BCUT2D eigenvalue weighted by atomic mass is 9.33. The Balaban J connectivity index is 1.20. The first-order chi connectivity index (χ1) is 34.2. The Labute approximate surface area is 412 Å². The van der Waals surface area contributed by atoms with Gasteiger partial charge in [0.1, 0.15) is 0 Å². The number of hydrogen-bond acceptors (Lipinski definition) is 4. The zero-order valence-electron chi connectivity index (χ0n) is 40.6. The molecule has 336 valence electrons. The van der Waals surface area contributed by atoms with Crippen LogP contribution in [0.5, 0.6) is 0 Å². The molecule has 0 aliphatic carbocycles. The molecule has 0 fully saturated rings. The summed E-state index contributed by atoms with van der Waals surface area (Å²) in [6.07, 6.45) is 0. The molecular weight excluding hydrogens is 848 g/mol. The second-order valence-electron chi connectivity index (χ2n) is 18.8. The Bertz CT molecular complexity index is 3570. The van der Waals surface area contributed by atoms with Crippen LogP contribution in [0, 0.1) is 41.5 Å². The first kappa shape index (κ1) is 44.1. The number of aromatic nitrogens is 3. The number of hydrogen-bond donors (Lipinski definition) is 0. The second-order valence-corrected chi connectivity index (χ2v) is 18.8. The largest absolute Gasteiger partial charge is 0.278 e. The minimum atomic E-state index is -0.0182. The molecule has 0 aliphatic heterocycles. The third-order valence-corrected chi connectivity index (χ3v) is 13.8. The summed E-state index contributed by atoms with van der Waals surface area (Å²) in [5.41, 5.74) is 19.9. The SMILES string of the molecule is Cc1cc(C)c(B(c2c(C)cc(C)cc2C)c2ccc(N(c3nc(-c4ccccc4)nc(-c4cc(-c5ccccc5)cc(-c5ccccc5)c4)n3)c3cccc4ccccc34)c3ccccc23)c(C)c1. The topological polar surface area (TPSA) is 41.9 Å². The molecule has 0 saturated carbocycles. The van der Waals surface area contributed by atoms with Crippen molar-refractivity contribution in [3.63, 3.8) is 0 Å². The van der Waals surface area contributed by atoms with Crippen LogP contribution in [0.2, 0.25) is 0 Å². The van der Waals surface area contributed by atoms with Crippen LogP contribution in [0.15, 0.2) is 212 Å². The molecular formula is C65H53BN4. The van der Waals surface area contributed by atoms with Crippen LogP contribution in [-0.2, 0) is 0 Å². The van der Waals surface area contributed by atoms with Crippen molar-refractivity contribution in [3.05, 3.63) is 246 Å². The summed E-state index contributed by atoms with van der Waals surface area (Å²) in [6.45, 7) is 13.5. The lowest BCUT2D eigenvalue weighted by Crippen LogP contribution is -2.56. The van der Waals surface area contributed by atoms with Crippen LogP contribution in [0.3, 0.4) is 0 Å². The maximum absolute atomic E-state index is 5.58. The lowest BCUT2D eigenvalue weighted by molar-refractivity contribution is 1.03. The van der Waals surface area contributed by atoms with Crippen molar-refractivity contribution in [3.8, 4) is 45.0 Å². The number of nitrogens with zero attached hydrogens (tertiary/aromatic N) is 4. The van der Waals surface area contributed by atoms with E-state index >= 15 is 0 Å². The highest BCUT2D eigenvalue weighted by atomic mass is 15.3. The summed E-state index contributed by atoms with van der Waals surface area (Å²) in [5, 5.41) is 4.49. The van der Waals surface area contributed by atoms with Crippen molar-refractivity contribution >= 4 is 62.0 Å². The van der Waals surface area contributed by atoms with Gasteiger partial charge in [-0.2, -0.15) is 9.97 Å². The van der Waals surface area contributed by atoms with Gasteiger partial charge < -0.3 is 0 Å². The van der Waals surface area contributed by atoms with E-state index in [4.69, 9.17) is 15.0 Å². The predicted octanol–water partition coefficient (Wildman–Crippen LogP) is 14.7. The van der Waals surface area contributed by atoms with Gasteiger partial charge in [-0.1, -0.05) is 232 Å². The van der Waals surface area contributed by atoms with Crippen LogP contribution in [0.25, 0.3) is 66.6 Å². The molecule has 10 aromatic carbocycles. The summed E-state index contributed by atoms with van der Waals surface area (Å²) in [7, 11) is 0. The van der Waals surface area contributed by atoms with Crippen LogP contribution in [-0.4, -0.2) is 21.7 Å². The number of benzene rings is 10. The van der Waals surface area contributed by atoms with Gasteiger partial charge >= 0.3 is 0 Å². The van der Waals surface area contributed by atoms with E-state index in [1.807, 2.05) is 18.2 Å². The highest BCUT2D eigenvalue weighted by Crippen LogP contribution is 2.42. The maximum atomic E-state index is 5.58. The summed E-state index contributed by atoms with van der Waals surface area (Å²) >= 11 is 0. The maximum Gasteiger partial charge on any atom is 0.243 e. The Morgan fingerprint density at radius 1 is 0.329 bits per heavy atom. The Morgan fingerprint density at radius 3 is 1.31 bits per heavy atom. The third-order valence-electron chi connectivity index (χ3n) is 13.8. The van der Waals surface area contributed by atoms with Crippen molar-refractivity contribution in [2.45, 2.75) is 41.5 Å².